The molecule has 0 fully saturated rings. The van der Waals surface area contributed by atoms with Crippen LogP contribution < -0.4 is 9.47 Å². The smallest absolute Gasteiger partial charge is 0.196 e. The fourth-order valence-electron chi connectivity index (χ4n) is 2.82. The molecule has 0 unspecified atom stereocenters. The third kappa shape index (κ3) is 3.39. The van der Waals surface area contributed by atoms with Gasteiger partial charge in [-0.1, -0.05) is 41.1 Å². The largest absolute Gasteiger partial charge is 0.486 e. The zero-order valence-corrected chi connectivity index (χ0v) is 16.1. The Kier molecular flexibility index (Phi) is 4.78. The first-order valence-electron chi connectivity index (χ1n) is 8.32. The van der Waals surface area contributed by atoms with Crippen LogP contribution in [0.25, 0.3) is 5.69 Å². The van der Waals surface area contributed by atoms with Crippen molar-refractivity contribution in [2.45, 2.75) is 24.8 Å². The summed E-state index contributed by atoms with van der Waals surface area (Å²) in [5.41, 5.74) is 3.33. The van der Waals surface area contributed by atoms with Crippen LogP contribution in [0.2, 0.25) is 5.02 Å². The molecule has 3 aromatic rings. The first-order valence-corrected chi connectivity index (χ1v) is 9.68. The number of hydrogen-bond acceptors (Lipinski definition) is 5. The van der Waals surface area contributed by atoms with E-state index in [0.717, 1.165) is 22.2 Å². The molecule has 0 radical (unpaired) electrons. The van der Waals surface area contributed by atoms with Gasteiger partial charge in [0.15, 0.2) is 16.7 Å². The van der Waals surface area contributed by atoms with Crippen LogP contribution in [-0.4, -0.2) is 28.0 Å². The minimum atomic E-state index is 0.528. The van der Waals surface area contributed by atoms with Crippen LogP contribution in [0.5, 0.6) is 11.5 Å². The van der Waals surface area contributed by atoms with Crippen LogP contribution in [0.15, 0.2) is 41.6 Å². The van der Waals surface area contributed by atoms with E-state index in [4.69, 9.17) is 21.1 Å². The third-order valence-corrected chi connectivity index (χ3v) is 5.39. The van der Waals surface area contributed by atoms with Crippen molar-refractivity contribution in [1.29, 1.82) is 0 Å². The standard InChI is InChI=1S/C19H18ClN3O2S/c1-12-3-5-15(6-4-12)23-13(2)21-22-19(23)26-11-14-9-16(20)18-17(10-14)24-7-8-25-18/h3-6,9-10H,7-8,11H2,1-2H3. The first-order chi connectivity index (χ1) is 12.6. The highest BCUT2D eigenvalue weighted by Crippen LogP contribution is 2.39. The lowest BCUT2D eigenvalue weighted by Gasteiger charge is -2.20. The number of nitrogens with zero attached hydrogens (tertiary/aromatic N) is 3. The van der Waals surface area contributed by atoms with Gasteiger partial charge in [0.2, 0.25) is 0 Å². The molecule has 2 heterocycles. The summed E-state index contributed by atoms with van der Waals surface area (Å²) in [4.78, 5) is 0. The number of aromatic nitrogens is 3. The topological polar surface area (TPSA) is 49.2 Å². The quantitative estimate of drug-likeness (QED) is 0.612. The van der Waals surface area contributed by atoms with E-state index in [1.807, 2.05) is 19.1 Å². The first kappa shape index (κ1) is 17.2. The Morgan fingerprint density at radius 3 is 2.65 bits per heavy atom. The van der Waals surface area contributed by atoms with Crippen LogP contribution in [0.1, 0.15) is 17.0 Å². The second-order valence-corrected chi connectivity index (χ2v) is 7.44. The normalized spacial score (nSPS) is 13.0. The van der Waals surface area contributed by atoms with Crippen molar-refractivity contribution in [3.8, 4) is 17.2 Å². The Hall–Kier alpha value is -2.18. The van der Waals surface area contributed by atoms with E-state index in [0.29, 0.717) is 35.5 Å². The molecular formula is C19H18ClN3O2S. The molecule has 0 amide bonds. The second kappa shape index (κ2) is 7.21. The van der Waals surface area contributed by atoms with Gasteiger partial charge in [0.1, 0.15) is 19.0 Å². The van der Waals surface area contributed by atoms with Gasteiger partial charge in [-0.15, -0.1) is 10.2 Å². The fourth-order valence-corrected chi connectivity index (χ4v) is 4.04. The molecule has 0 atom stereocenters. The van der Waals surface area contributed by atoms with E-state index < -0.39 is 0 Å². The Bertz CT molecular complexity index is 941. The predicted molar refractivity (Wildman–Crippen MR) is 103 cm³/mol. The summed E-state index contributed by atoms with van der Waals surface area (Å²) in [7, 11) is 0. The number of thioether (sulfide) groups is 1. The summed E-state index contributed by atoms with van der Waals surface area (Å²) in [5, 5.41) is 9.99. The molecule has 7 heteroatoms. The van der Waals surface area contributed by atoms with Gasteiger partial charge in [0.25, 0.3) is 0 Å². The van der Waals surface area contributed by atoms with Crippen LogP contribution in [0.4, 0.5) is 0 Å². The van der Waals surface area contributed by atoms with Crippen LogP contribution in [-0.2, 0) is 5.75 Å². The van der Waals surface area contributed by atoms with Gasteiger partial charge >= 0.3 is 0 Å². The van der Waals surface area contributed by atoms with Gasteiger partial charge in [0, 0.05) is 11.4 Å². The molecule has 0 N–H and O–H groups in total. The zero-order chi connectivity index (χ0) is 18.1. The lowest BCUT2D eigenvalue weighted by atomic mass is 10.2. The third-order valence-electron chi connectivity index (χ3n) is 4.11. The van der Waals surface area contributed by atoms with E-state index in [1.54, 1.807) is 11.8 Å². The van der Waals surface area contributed by atoms with Crippen molar-refractivity contribution < 1.29 is 9.47 Å². The summed E-state index contributed by atoms with van der Waals surface area (Å²) in [5.74, 6) is 2.90. The molecule has 0 saturated carbocycles. The number of rotatable bonds is 4. The molecule has 1 aliphatic rings. The van der Waals surface area contributed by atoms with E-state index in [9.17, 15) is 0 Å². The Labute approximate surface area is 161 Å². The molecule has 2 aromatic carbocycles. The minimum Gasteiger partial charge on any atom is -0.486 e. The molecule has 4 rings (SSSR count). The second-order valence-electron chi connectivity index (χ2n) is 6.09. The fraction of sp³-hybridized carbons (Fsp3) is 0.263. The predicted octanol–water partition coefficient (Wildman–Crippen LogP) is 4.60. The Morgan fingerprint density at radius 2 is 1.85 bits per heavy atom. The van der Waals surface area contributed by atoms with Crippen molar-refractivity contribution in [3.63, 3.8) is 0 Å². The molecular weight excluding hydrogens is 370 g/mol. The number of fused-ring (bicyclic) bond motifs is 1. The lowest BCUT2D eigenvalue weighted by molar-refractivity contribution is 0.171. The molecule has 0 spiro atoms. The number of aryl methyl sites for hydroxylation is 2. The number of halogens is 1. The van der Waals surface area contributed by atoms with Crippen LogP contribution in [0, 0.1) is 13.8 Å². The van der Waals surface area contributed by atoms with Crippen molar-refractivity contribution in [2.75, 3.05) is 13.2 Å². The van der Waals surface area contributed by atoms with Crippen molar-refractivity contribution in [1.82, 2.24) is 14.8 Å². The van der Waals surface area contributed by atoms with E-state index in [2.05, 4.69) is 46.0 Å². The van der Waals surface area contributed by atoms with Crippen molar-refractivity contribution in [3.05, 3.63) is 58.4 Å². The van der Waals surface area contributed by atoms with Gasteiger partial charge in [0.05, 0.1) is 5.02 Å². The maximum Gasteiger partial charge on any atom is 0.196 e. The summed E-state index contributed by atoms with van der Waals surface area (Å²) in [6.07, 6.45) is 0. The highest BCUT2D eigenvalue weighted by atomic mass is 35.5. The molecule has 0 saturated heterocycles. The van der Waals surface area contributed by atoms with Gasteiger partial charge < -0.3 is 9.47 Å². The van der Waals surface area contributed by atoms with Crippen molar-refractivity contribution >= 4 is 23.4 Å². The molecule has 0 bridgehead atoms. The number of hydrogen-bond donors (Lipinski definition) is 0. The Balaban J connectivity index is 1.58. The molecule has 1 aliphatic heterocycles. The SMILES string of the molecule is Cc1ccc(-n2c(C)nnc2SCc2cc(Cl)c3c(c2)OCCO3)cc1. The van der Waals surface area contributed by atoms with Gasteiger partial charge in [-0.2, -0.15) is 0 Å². The van der Waals surface area contributed by atoms with Crippen LogP contribution in [0.3, 0.4) is 0 Å². The summed E-state index contributed by atoms with van der Waals surface area (Å²) in [6, 6.07) is 12.2. The molecule has 5 nitrogen and oxygen atoms in total. The molecule has 0 aliphatic carbocycles. The molecule has 1 aromatic heterocycles. The van der Waals surface area contributed by atoms with E-state index in [1.165, 1.54) is 5.56 Å². The summed E-state index contributed by atoms with van der Waals surface area (Å²) < 4.78 is 13.3. The Morgan fingerprint density at radius 1 is 1.08 bits per heavy atom. The highest BCUT2D eigenvalue weighted by Gasteiger charge is 2.18. The average molecular weight is 388 g/mol. The monoisotopic (exact) mass is 387 g/mol. The average Bonchev–Trinajstić information content (AvgIpc) is 3.01. The van der Waals surface area contributed by atoms with Gasteiger partial charge in [-0.05, 0) is 43.7 Å². The van der Waals surface area contributed by atoms with Gasteiger partial charge in [-0.25, -0.2) is 0 Å². The van der Waals surface area contributed by atoms with Crippen LogP contribution >= 0.6 is 23.4 Å². The number of benzene rings is 2. The minimum absolute atomic E-state index is 0.528. The molecule has 26 heavy (non-hydrogen) atoms. The number of ether oxygens (including phenoxy) is 2. The summed E-state index contributed by atoms with van der Waals surface area (Å²) >= 11 is 7.94. The highest BCUT2D eigenvalue weighted by molar-refractivity contribution is 7.98. The van der Waals surface area contributed by atoms with E-state index in [-0.39, 0.29) is 0 Å². The van der Waals surface area contributed by atoms with Gasteiger partial charge in [-0.3, -0.25) is 4.57 Å². The van der Waals surface area contributed by atoms with Crippen molar-refractivity contribution in [2.24, 2.45) is 0 Å². The maximum absolute atomic E-state index is 6.33. The lowest BCUT2D eigenvalue weighted by Crippen LogP contribution is -2.15. The molecule has 134 valence electrons. The van der Waals surface area contributed by atoms with E-state index >= 15 is 0 Å². The zero-order valence-electron chi connectivity index (χ0n) is 14.5. The maximum atomic E-state index is 6.33. The summed E-state index contributed by atoms with van der Waals surface area (Å²) in [6.45, 7) is 5.10.